The summed E-state index contributed by atoms with van der Waals surface area (Å²) in [7, 11) is 0. The van der Waals surface area contributed by atoms with Crippen LogP contribution in [-0.2, 0) is 0 Å². The first-order valence-corrected chi connectivity index (χ1v) is 7.79. The molecule has 0 aromatic heterocycles. The predicted molar refractivity (Wildman–Crippen MR) is 80.7 cm³/mol. The van der Waals surface area contributed by atoms with Gasteiger partial charge in [-0.25, -0.2) is 0 Å². The largest absolute Gasteiger partial charge is 0.493 e. The van der Waals surface area contributed by atoms with Crippen LogP contribution in [0.4, 0.5) is 0 Å². The normalized spacial score (nSPS) is 19.6. The Morgan fingerprint density at radius 3 is 2.95 bits per heavy atom. The van der Waals surface area contributed by atoms with E-state index in [0.29, 0.717) is 12.1 Å². The lowest BCUT2D eigenvalue weighted by Crippen LogP contribution is -2.33. The maximum atomic E-state index is 5.71. The lowest BCUT2D eigenvalue weighted by atomic mass is 9.99. The molecule has 2 atom stereocenters. The maximum absolute atomic E-state index is 5.71. The van der Waals surface area contributed by atoms with Gasteiger partial charge in [-0.1, -0.05) is 50.8 Å². The van der Waals surface area contributed by atoms with E-state index in [-0.39, 0.29) is 0 Å². The highest BCUT2D eigenvalue weighted by atomic mass is 16.5. The van der Waals surface area contributed by atoms with Crippen molar-refractivity contribution in [1.82, 2.24) is 5.32 Å². The molecule has 0 fully saturated rings. The van der Waals surface area contributed by atoms with Crippen LogP contribution in [0.25, 0.3) is 0 Å². The summed E-state index contributed by atoms with van der Waals surface area (Å²) in [5, 5.41) is 3.77. The van der Waals surface area contributed by atoms with Gasteiger partial charge in [-0.05, 0) is 19.4 Å². The molecule has 2 rings (SSSR count). The van der Waals surface area contributed by atoms with Crippen LogP contribution in [0.1, 0.15) is 64.0 Å². The topological polar surface area (TPSA) is 21.3 Å². The number of hydrogen-bond acceptors (Lipinski definition) is 2. The van der Waals surface area contributed by atoms with Gasteiger partial charge in [-0.2, -0.15) is 0 Å². The minimum atomic E-state index is 0.464. The SMILES string of the molecule is CCCCCCC(C)NC1CCOc2ccccc21. The standard InChI is InChI=1S/C17H27NO/c1-3-4-5-6-9-14(2)18-16-12-13-19-17-11-8-7-10-15(16)17/h7-8,10-11,14,16,18H,3-6,9,12-13H2,1-2H3. The van der Waals surface area contributed by atoms with E-state index >= 15 is 0 Å². The van der Waals surface area contributed by atoms with Gasteiger partial charge in [-0.3, -0.25) is 0 Å². The maximum Gasteiger partial charge on any atom is 0.124 e. The quantitative estimate of drug-likeness (QED) is 0.732. The lowest BCUT2D eigenvalue weighted by molar-refractivity contribution is 0.243. The Balaban J connectivity index is 1.83. The Morgan fingerprint density at radius 2 is 2.11 bits per heavy atom. The summed E-state index contributed by atoms with van der Waals surface area (Å²) in [6, 6.07) is 9.48. The van der Waals surface area contributed by atoms with Gasteiger partial charge in [0.05, 0.1) is 6.61 Å². The first-order chi connectivity index (χ1) is 9.31. The van der Waals surface area contributed by atoms with Gasteiger partial charge >= 0.3 is 0 Å². The first kappa shape index (κ1) is 14.4. The molecular formula is C17H27NO. The Labute approximate surface area is 117 Å². The van der Waals surface area contributed by atoms with E-state index < -0.39 is 0 Å². The van der Waals surface area contributed by atoms with Crippen molar-refractivity contribution >= 4 is 0 Å². The number of hydrogen-bond donors (Lipinski definition) is 1. The molecule has 1 heterocycles. The fourth-order valence-electron chi connectivity index (χ4n) is 2.82. The summed E-state index contributed by atoms with van der Waals surface area (Å²) in [6.45, 7) is 5.40. The minimum Gasteiger partial charge on any atom is -0.493 e. The highest BCUT2D eigenvalue weighted by molar-refractivity contribution is 5.37. The highest BCUT2D eigenvalue weighted by Gasteiger charge is 2.21. The van der Waals surface area contributed by atoms with Crippen LogP contribution in [0.3, 0.4) is 0 Å². The Morgan fingerprint density at radius 1 is 1.26 bits per heavy atom. The summed E-state index contributed by atoms with van der Waals surface area (Å²) in [5.41, 5.74) is 1.33. The summed E-state index contributed by atoms with van der Waals surface area (Å²) in [5.74, 6) is 1.06. The molecule has 0 bridgehead atoms. The van der Waals surface area contributed by atoms with Crippen LogP contribution >= 0.6 is 0 Å². The van der Waals surface area contributed by atoms with Crippen LogP contribution < -0.4 is 10.1 Å². The number of unbranched alkanes of at least 4 members (excludes halogenated alkanes) is 3. The molecule has 0 spiro atoms. The van der Waals surface area contributed by atoms with Crippen molar-refractivity contribution in [3.8, 4) is 5.75 Å². The molecule has 0 aliphatic carbocycles. The fourth-order valence-corrected chi connectivity index (χ4v) is 2.82. The number of ether oxygens (including phenoxy) is 1. The van der Waals surface area contributed by atoms with E-state index in [1.54, 1.807) is 0 Å². The molecule has 1 aliphatic rings. The molecule has 2 unspecified atom stereocenters. The third kappa shape index (κ3) is 4.24. The zero-order valence-corrected chi connectivity index (χ0v) is 12.3. The fraction of sp³-hybridized carbons (Fsp3) is 0.647. The zero-order valence-electron chi connectivity index (χ0n) is 12.3. The van der Waals surface area contributed by atoms with Crippen LogP contribution in [-0.4, -0.2) is 12.6 Å². The monoisotopic (exact) mass is 261 g/mol. The Kier molecular flexibility index (Phi) is 5.71. The van der Waals surface area contributed by atoms with E-state index in [1.165, 1.54) is 37.7 Å². The molecule has 1 aliphatic heterocycles. The predicted octanol–water partition coefficient (Wildman–Crippen LogP) is 4.46. The number of benzene rings is 1. The molecule has 19 heavy (non-hydrogen) atoms. The molecule has 0 saturated carbocycles. The van der Waals surface area contributed by atoms with Gasteiger partial charge in [0.1, 0.15) is 5.75 Å². The van der Waals surface area contributed by atoms with Crippen molar-refractivity contribution in [2.24, 2.45) is 0 Å². The van der Waals surface area contributed by atoms with E-state index in [1.807, 2.05) is 0 Å². The number of para-hydroxylation sites is 1. The van der Waals surface area contributed by atoms with Gasteiger partial charge in [0.15, 0.2) is 0 Å². The third-order valence-corrected chi connectivity index (χ3v) is 3.93. The number of nitrogens with one attached hydrogen (secondary N) is 1. The van der Waals surface area contributed by atoms with Crippen LogP contribution in [0, 0.1) is 0 Å². The van der Waals surface area contributed by atoms with Gasteiger partial charge < -0.3 is 10.1 Å². The second kappa shape index (κ2) is 7.54. The van der Waals surface area contributed by atoms with Crippen LogP contribution in [0.15, 0.2) is 24.3 Å². The third-order valence-electron chi connectivity index (χ3n) is 3.93. The van der Waals surface area contributed by atoms with E-state index in [4.69, 9.17) is 4.74 Å². The first-order valence-electron chi connectivity index (χ1n) is 7.79. The van der Waals surface area contributed by atoms with Crippen LogP contribution in [0.2, 0.25) is 0 Å². The second-order valence-electron chi connectivity index (χ2n) is 5.64. The van der Waals surface area contributed by atoms with Crippen molar-refractivity contribution in [2.75, 3.05) is 6.61 Å². The van der Waals surface area contributed by atoms with Gasteiger partial charge in [0.25, 0.3) is 0 Å². The molecule has 1 aromatic rings. The molecular weight excluding hydrogens is 234 g/mol. The molecule has 2 nitrogen and oxygen atoms in total. The second-order valence-corrected chi connectivity index (χ2v) is 5.64. The van der Waals surface area contributed by atoms with E-state index in [2.05, 4.69) is 43.4 Å². The van der Waals surface area contributed by atoms with E-state index in [0.717, 1.165) is 18.8 Å². The summed E-state index contributed by atoms with van der Waals surface area (Å²) < 4.78 is 5.71. The number of rotatable bonds is 7. The molecule has 2 heteroatoms. The minimum absolute atomic E-state index is 0.464. The summed E-state index contributed by atoms with van der Waals surface area (Å²) >= 11 is 0. The van der Waals surface area contributed by atoms with Gasteiger partial charge in [-0.15, -0.1) is 0 Å². The summed E-state index contributed by atoms with van der Waals surface area (Å²) in [6.07, 6.45) is 7.75. The van der Waals surface area contributed by atoms with Crippen molar-refractivity contribution in [2.45, 2.75) is 64.5 Å². The average Bonchev–Trinajstić information content (AvgIpc) is 2.44. The average molecular weight is 261 g/mol. The van der Waals surface area contributed by atoms with E-state index in [9.17, 15) is 0 Å². The molecule has 106 valence electrons. The molecule has 0 radical (unpaired) electrons. The molecule has 1 aromatic carbocycles. The van der Waals surface area contributed by atoms with Crippen molar-refractivity contribution in [1.29, 1.82) is 0 Å². The Hall–Kier alpha value is -1.02. The van der Waals surface area contributed by atoms with Crippen molar-refractivity contribution < 1.29 is 4.74 Å². The van der Waals surface area contributed by atoms with Gasteiger partial charge in [0.2, 0.25) is 0 Å². The van der Waals surface area contributed by atoms with Gasteiger partial charge in [0, 0.05) is 24.1 Å². The van der Waals surface area contributed by atoms with Crippen LogP contribution in [0.5, 0.6) is 5.75 Å². The summed E-state index contributed by atoms with van der Waals surface area (Å²) in [4.78, 5) is 0. The highest BCUT2D eigenvalue weighted by Crippen LogP contribution is 2.32. The zero-order chi connectivity index (χ0) is 13.5. The lowest BCUT2D eigenvalue weighted by Gasteiger charge is -2.29. The number of fused-ring (bicyclic) bond motifs is 1. The van der Waals surface area contributed by atoms with Crippen molar-refractivity contribution in [3.63, 3.8) is 0 Å². The molecule has 0 amide bonds. The molecule has 1 N–H and O–H groups in total. The molecule has 0 saturated heterocycles. The smallest absolute Gasteiger partial charge is 0.124 e. The van der Waals surface area contributed by atoms with Crippen molar-refractivity contribution in [3.05, 3.63) is 29.8 Å². The Bertz CT molecular complexity index is 377.